The van der Waals surface area contributed by atoms with Gasteiger partial charge in [0, 0.05) is 5.56 Å². The Labute approximate surface area is 94.4 Å². The van der Waals surface area contributed by atoms with Crippen molar-refractivity contribution in [1.29, 1.82) is 0 Å². The van der Waals surface area contributed by atoms with Crippen LogP contribution in [0.25, 0.3) is 11.3 Å². The van der Waals surface area contributed by atoms with Crippen molar-refractivity contribution < 1.29 is 4.74 Å². The molecular weight excluding hydrogens is 202 g/mol. The lowest BCUT2D eigenvalue weighted by Gasteiger charge is -2.04. The van der Waals surface area contributed by atoms with Gasteiger partial charge in [-0.3, -0.25) is 5.10 Å². The van der Waals surface area contributed by atoms with E-state index in [1.165, 1.54) is 0 Å². The lowest BCUT2D eigenvalue weighted by Crippen LogP contribution is -2.02. The Hall–Kier alpha value is -1.81. The van der Waals surface area contributed by atoms with Crippen LogP contribution in [-0.2, 0) is 6.42 Å². The van der Waals surface area contributed by atoms with Crippen molar-refractivity contribution in [2.75, 3.05) is 13.7 Å². The summed E-state index contributed by atoms with van der Waals surface area (Å²) in [5.74, 6) is 0.839. The zero-order valence-corrected chi connectivity index (χ0v) is 9.23. The van der Waals surface area contributed by atoms with Gasteiger partial charge >= 0.3 is 0 Å². The molecule has 0 unspecified atom stereocenters. The average molecular weight is 217 g/mol. The highest BCUT2D eigenvalue weighted by atomic mass is 16.5. The number of nitrogens with one attached hydrogen (secondary N) is 1. The molecule has 16 heavy (non-hydrogen) atoms. The van der Waals surface area contributed by atoms with Crippen molar-refractivity contribution in [3.8, 4) is 17.0 Å². The number of nitrogens with two attached hydrogens (primary N) is 1. The summed E-state index contributed by atoms with van der Waals surface area (Å²) in [6, 6.07) is 7.88. The van der Waals surface area contributed by atoms with Crippen LogP contribution in [0.15, 0.2) is 30.5 Å². The molecule has 0 saturated carbocycles. The van der Waals surface area contributed by atoms with Gasteiger partial charge < -0.3 is 10.5 Å². The summed E-state index contributed by atoms with van der Waals surface area (Å²) < 4.78 is 5.19. The Kier molecular flexibility index (Phi) is 3.22. The van der Waals surface area contributed by atoms with Crippen LogP contribution < -0.4 is 10.5 Å². The Morgan fingerprint density at radius 3 is 3.06 bits per heavy atom. The van der Waals surface area contributed by atoms with Gasteiger partial charge in [0.05, 0.1) is 19.0 Å². The molecule has 0 radical (unpaired) electrons. The van der Waals surface area contributed by atoms with Crippen LogP contribution in [0.5, 0.6) is 5.75 Å². The van der Waals surface area contributed by atoms with Crippen molar-refractivity contribution in [3.63, 3.8) is 0 Å². The molecule has 0 aliphatic rings. The molecule has 0 fully saturated rings. The molecule has 1 heterocycles. The molecule has 84 valence electrons. The largest absolute Gasteiger partial charge is 0.497 e. The minimum Gasteiger partial charge on any atom is -0.497 e. The molecule has 3 N–H and O–H groups in total. The van der Waals surface area contributed by atoms with E-state index in [4.69, 9.17) is 10.5 Å². The summed E-state index contributed by atoms with van der Waals surface area (Å²) in [5.41, 5.74) is 8.78. The number of aromatic amines is 1. The van der Waals surface area contributed by atoms with Gasteiger partial charge in [-0.05, 0) is 30.7 Å². The molecule has 0 atom stereocenters. The number of aromatic nitrogens is 2. The van der Waals surface area contributed by atoms with E-state index in [-0.39, 0.29) is 0 Å². The summed E-state index contributed by atoms with van der Waals surface area (Å²) in [5, 5.41) is 7.05. The number of ether oxygens (including phenoxy) is 1. The van der Waals surface area contributed by atoms with Crippen molar-refractivity contribution in [3.05, 3.63) is 36.0 Å². The zero-order chi connectivity index (χ0) is 11.4. The molecule has 0 amide bonds. The van der Waals surface area contributed by atoms with Crippen LogP contribution in [-0.4, -0.2) is 23.9 Å². The molecule has 0 aliphatic carbocycles. The number of hydrogen-bond acceptors (Lipinski definition) is 3. The van der Waals surface area contributed by atoms with E-state index in [0.717, 1.165) is 29.0 Å². The second-order valence-corrected chi connectivity index (χ2v) is 3.54. The normalized spacial score (nSPS) is 10.4. The van der Waals surface area contributed by atoms with Crippen molar-refractivity contribution in [2.45, 2.75) is 6.42 Å². The highest BCUT2D eigenvalue weighted by Gasteiger charge is 2.07. The van der Waals surface area contributed by atoms with E-state index in [2.05, 4.69) is 10.2 Å². The maximum atomic E-state index is 5.56. The molecule has 0 saturated heterocycles. The molecule has 0 spiro atoms. The molecule has 4 heteroatoms. The maximum Gasteiger partial charge on any atom is 0.119 e. The highest BCUT2D eigenvalue weighted by molar-refractivity contribution is 5.64. The van der Waals surface area contributed by atoms with Gasteiger partial charge in [-0.15, -0.1) is 0 Å². The van der Waals surface area contributed by atoms with Crippen LogP contribution in [0, 0.1) is 0 Å². The first-order chi connectivity index (χ1) is 7.85. The lowest BCUT2D eigenvalue weighted by atomic mass is 10.1. The molecule has 1 aromatic heterocycles. The van der Waals surface area contributed by atoms with E-state index in [9.17, 15) is 0 Å². The third-order valence-electron chi connectivity index (χ3n) is 2.49. The van der Waals surface area contributed by atoms with Crippen LogP contribution in [0.3, 0.4) is 0 Å². The molecule has 4 nitrogen and oxygen atoms in total. The lowest BCUT2D eigenvalue weighted by molar-refractivity contribution is 0.415. The third kappa shape index (κ3) is 2.06. The fraction of sp³-hybridized carbons (Fsp3) is 0.250. The smallest absolute Gasteiger partial charge is 0.119 e. The Morgan fingerprint density at radius 2 is 2.31 bits per heavy atom. The Balaban J connectivity index is 2.37. The molecular formula is C12H15N3O. The zero-order valence-electron chi connectivity index (χ0n) is 9.23. The topological polar surface area (TPSA) is 63.9 Å². The molecule has 0 bridgehead atoms. The quantitative estimate of drug-likeness (QED) is 0.817. The van der Waals surface area contributed by atoms with Crippen LogP contribution in [0.1, 0.15) is 5.56 Å². The summed E-state index contributed by atoms with van der Waals surface area (Å²) in [7, 11) is 1.66. The van der Waals surface area contributed by atoms with E-state index >= 15 is 0 Å². The Bertz CT molecular complexity index is 465. The molecule has 2 rings (SSSR count). The summed E-state index contributed by atoms with van der Waals surface area (Å²) >= 11 is 0. The number of rotatable bonds is 4. The van der Waals surface area contributed by atoms with Gasteiger partial charge in [0.15, 0.2) is 0 Å². The summed E-state index contributed by atoms with van der Waals surface area (Å²) in [6.07, 6.45) is 2.64. The minimum absolute atomic E-state index is 0.622. The van der Waals surface area contributed by atoms with Crippen LogP contribution >= 0.6 is 0 Å². The van der Waals surface area contributed by atoms with E-state index in [1.54, 1.807) is 7.11 Å². The number of hydrogen-bond donors (Lipinski definition) is 2. The third-order valence-corrected chi connectivity index (χ3v) is 2.49. The highest BCUT2D eigenvalue weighted by Crippen LogP contribution is 2.24. The van der Waals surface area contributed by atoms with Gasteiger partial charge in [-0.1, -0.05) is 12.1 Å². The second-order valence-electron chi connectivity index (χ2n) is 3.54. The predicted molar refractivity (Wildman–Crippen MR) is 63.3 cm³/mol. The Morgan fingerprint density at radius 1 is 1.44 bits per heavy atom. The fourth-order valence-electron chi connectivity index (χ4n) is 1.68. The van der Waals surface area contributed by atoms with Crippen molar-refractivity contribution in [1.82, 2.24) is 10.2 Å². The van der Waals surface area contributed by atoms with Gasteiger partial charge in [0.1, 0.15) is 5.75 Å². The van der Waals surface area contributed by atoms with Crippen LogP contribution in [0.4, 0.5) is 0 Å². The summed E-state index contributed by atoms with van der Waals surface area (Å²) in [6.45, 7) is 0.622. The maximum absolute atomic E-state index is 5.56. The summed E-state index contributed by atoms with van der Waals surface area (Å²) in [4.78, 5) is 0. The second kappa shape index (κ2) is 4.81. The van der Waals surface area contributed by atoms with Crippen molar-refractivity contribution in [2.24, 2.45) is 5.73 Å². The van der Waals surface area contributed by atoms with Gasteiger partial charge in [-0.2, -0.15) is 5.10 Å². The monoisotopic (exact) mass is 217 g/mol. The van der Waals surface area contributed by atoms with E-state index < -0.39 is 0 Å². The number of H-pyrrole nitrogens is 1. The molecule has 1 aromatic carbocycles. The standard InChI is InChI=1S/C12H15N3O/c1-16-11-4-2-3-9(7-11)12-10(5-6-13)8-14-15-12/h2-4,7-8H,5-6,13H2,1H3,(H,14,15). The number of benzene rings is 1. The SMILES string of the molecule is COc1cccc(-c2[nH]ncc2CCN)c1. The van der Waals surface area contributed by atoms with Crippen molar-refractivity contribution >= 4 is 0 Å². The van der Waals surface area contributed by atoms with E-state index in [1.807, 2.05) is 30.5 Å². The average Bonchev–Trinajstić information content (AvgIpc) is 2.78. The number of methoxy groups -OCH3 is 1. The van der Waals surface area contributed by atoms with Crippen LogP contribution in [0.2, 0.25) is 0 Å². The van der Waals surface area contributed by atoms with E-state index in [0.29, 0.717) is 6.54 Å². The predicted octanol–water partition coefficient (Wildman–Crippen LogP) is 1.59. The first kappa shape index (κ1) is 10.7. The minimum atomic E-state index is 0.622. The number of nitrogens with zero attached hydrogens (tertiary/aromatic N) is 1. The first-order valence-electron chi connectivity index (χ1n) is 5.22. The molecule has 2 aromatic rings. The van der Waals surface area contributed by atoms with Gasteiger partial charge in [-0.25, -0.2) is 0 Å². The molecule has 0 aliphatic heterocycles. The first-order valence-corrected chi connectivity index (χ1v) is 5.22. The van der Waals surface area contributed by atoms with Gasteiger partial charge in [0.2, 0.25) is 0 Å². The van der Waals surface area contributed by atoms with Gasteiger partial charge in [0.25, 0.3) is 0 Å². The fourth-order valence-corrected chi connectivity index (χ4v) is 1.68.